The van der Waals surface area contributed by atoms with Gasteiger partial charge in [-0.15, -0.1) is 0 Å². The standard InChI is InChI=1S/C24H29N3O3/c1-16(2)29-15-20-19-8-4-5-9-21(19)30-23(20)24(28)26-18-11-13-27(14-12-18)22-10-6-7-17(3)25-22/h4-10,16,18H,11-15H2,1-3H3,(H,26,28). The summed E-state index contributed by atoms with van der Waals surface area (Å²) < 4.78 is 11.7. The SMILES string of the molecule is Cc1cccc(N2CCC(NC(=O)c3oc4ccccc4c3COC(C)C)CC2)n1. The van der Waals surface area contributed by atoms with Crippen molar-refractivity contribution in [1.29, 1.82) is 0 Å². The summed E-state index contributed by atoms with van der Waals surface area (Å²) in [5, 5.41) is 4.11. The second-order valence-corrected chi connectivity index (χ2v) is 8.14. The summed E-state index contributed by atoms with van der Waals surface area (Å²) >= 11 is 0. The number of aryl methyl sites for hydroxylation is 1. The summed E-state index contributed by atoms with van der Waals surface area (Å²) in [6, 6.07) is 13.9. The number of amides is 1. The van der Waals surface area contributed by atoms with Gasteiger partial charge in [-0.05, 0) is 51.8 Å². The van der Waals surface area contributed by atoms with Gasteiger partial charge in [0.2, 0.25) is 0 Å². The Morgan fingerprint density at radius 3 is 2.70 bits per heavy atom. The molecule has 158 valence electrons. The number of piperidine rings is 1. The first kappa shape index (κ1) is 20.4. The lowest BCUT2D eigenvalue weighted by Crippen LogP contribution is -2.45. The number of ether oxygens (including phenoxy) is 1. The molecular formula is C24H29N3O3. The van der Waals surface area contributed by atoms with Gasteiger partial charge in [0.25, 0.3) is 5.91 Å². The molecule has 0 radical (unpaired) electrons. The smallest absolute Gasteiger partial charge is 0.287 e. The van der Waals surface area contributed by atoms with Crippen molar-refractivity contribution in [2.45, 2.75) is 52.4 Å². The number of anilines is 1. The highest BCUT2D eigenvalue weighted by Gasteiger charge is 2.26. The van der Waals surface area contributed by atoms with Crippen LogP contribution >= 0.6 is 0 Å². The molecule has 3 aromatic rings. The van der Waals surface area contributed by atoms with Crippen LogP contribution in [0.15, 0.2) is 46.9 Å². The highest BCUT2D eigenvalue weighted by molar-refractivity contribution is 5.99. The fourth-order valence-electron chi connectivity index (χ4n) is 3.88. The monoisotopic (exact) mass is 407 g/mol. The maximum absolute atomic E-state index is 13.1. The third-order valence-electron chi connectivity index (χ3n) is 5.49. The third kappa shape index (κ3) is 4.49. The van der Waals surface area contributed by atoms with Crippen LogP contribution in [0.2, 0.25) is 0 Å². The zero-order chi connectivity index (χ0) is 21.1. The summed E-state index contributed by atoms with van der Waals surface area (Å²) in [5.74, 6) is 1.20. The predicted octanol–water partition coefficient (Wildman–Crippen LogP) is 4.46. The molecule has 1 saturated heterocycles. The number of hydrogen-bond acceptors (Lipinski definition) is 5. The number of carbonyl (C=O) groups is 1. The average molecular weight is 408 g/mol. The molecule has 4 rings (SSSR count). The first-order chi connectivity index (χ1) is 14.5. The largest absolute Gasteiger partial charge is 0.451 e. The molecular weight excluding hydrogens is 378 g/mol. The number of fused-ring (bicyclic) bond motifs is 1. The summed E-state index contributed by atoms with van der Waals surface area (Å²) in [5.41, 5.74) is 2.55. The number of rotatable bonds is 6. The Morgan fingerprint density at radius 2 is 1.97 bits per heavy atom. The molecule has 0 bridgehead atoms. The number of benzene rings is 1. The number of aromatic nitrogens is 1. The summed E-state index contributed by atoms with van der Waals surface area (Å²) in [6.07, 6.45) is 1.83. The van der Waals surface area contributed by atoms with Crippen LogP contribution in [0.1, 0.15) is 48.5 Å². The molecule has 0 saturated carbocycles. The van der Waals surface area contributed by atoms with Gasteiger partial charge in [-0.3, -0.25) is 4.79 Å². The van der Waals surface area contributed by atoms with E-state index in [1.54, 1.807) is 0 Å². The van der Waals surface area contributed by atoms with Gasteiger partial charge in [0.1, 0.15) is 11.4 Å². The third-order valence-corrected chi connectivity index (χ3v) is 5.49. The van der Waals surface area contributed by atoms with Crippen molar-refractivity contribution >= 4 is 22.7 Å². The van der Waals surface area contributed by atoms with Gasteiger partial charge in [-0.25, -0.2) is 4.98 Å². The maximum Gasteiger partial charge on any atom is 0.287 e. The topological polar surface area (TPSA) is 67.6 Å². The lowest BCUT2D eigenvalue weighted by molar-refractivity contribution is 0.0642. The highest BCUT2D eigenvalue weighted by Crippen LogP contribution is 2.27. The van der Waals surface area contributed by atoms with Crippen LogP contribution in [0.25, 0.3) is 11.0 Å². The Kier molecular flexibility index (Phi) is 6.04. The number of nitrogens with one attached hydrogen (secondary N) is 1. The second-order valence-electron chi connectivity index (χ2n) is 8.14. The zero-order valence-corrected chi connectivity index (χ0v) is 17.9. The number of carbonyl (C=O) groups excluding carboxylic acids is 1. The van der Waals surface area contributed by atoms with Gasteiger partial charge in [0, 0.05) is 35.8 Å². The Hall–Kier alpha value is -2.86. The zero-order valence-electron chi connectivity index (χ0n) is 17.9. The number of hydrogen-bond donors (Lipinski definition) is 1. The first-order valence-corrected chi connectivity index (χ1v) is 10.6. The molecule has 1 aliphatic heterocycles. The molecule has 0 atom stereocenters. The van der Waals surface area contributed by atoms with Crippen LogP contribution in [0, 0.1) is 6.92 Å². The van der Waals surface area contributed by atoms with E-state index in [-0.39, 0.29) is 18.1 Å². The molecule has 0 aliphatic carbocycles. The van der Waals surface area contributed by atoms with Crippen LogP contribution in [-0.2, 0) is 11.3 Å². The Labute approximate surface area is 177 Å². The van der Waals surface area contributed by atoms with E-state index >= 15 is 0 Å². The van der Waals surface area contributed by atoms with E-state index in [0.29, 0.717) is 18.0 Å². The Bertz CT molecular complexity index is 1020. The second kappa shape index (κ2) is 8.88. The minimum Gasteiger partial charge on any atom is -0.451 e. The molecule has 1 aromatic carbocycles. The first-order valence-electron chi connectivity index (χ1n) is 10.6. The van der Waals surface area contributed by atoms with Crippen molar-refractivity contribution in [1.82, 2.24) is 10.3 Å². The fraction of sp³-hybridized carbons (Fsp3) is 0.417. The number of nitrogens with zero attached hydrogens (tertiary/aromatic N) is 2. The molecule has 1 amide bonds. The summed E-state index contributed by atoms with van der Waals surface area (Å²) in [6.45, 7) is 8.06. The minimum absolute atomic E-state index is 0.0779. The van der Waals surface area contributed by atoms with Gasteiger partial charge in [-0.2, -0.15) is 0 Å². The molecule has 1 aliphatic rings. The number of pyridine rings is 1. The van der Waals surface area contributed by atoms with Crippen LogP contribution in [-0.4, -0.2) is 36.1 Å². The van der Waals surface area contributed by atoms with Crippen molar-refractivity contribution < 1.29 is 13.9 Å². The van der Waals surface area contributed by atoms with Crippen molar-refractivity contribution in [3.63, 3.8) is 0 Å². The molecule has 6 heteroatoms. The van der Waals surface area contributed by atoms with E-state index in [1.807, 2.05) is 63.2 Å². The predicted molar refractivity (Wildman–Crippen MR) is 118 cm³/mol. The van der Waals surface area contributed by atoms with Crippen LogP contribution in [0.5, 0.6) is 0 Å². The Balaban J connectivity index is 1.44. The van der Waals surface area contributed by atoms with Crippen molar-refractivity contribution in [3.8, 4) is 0 Å². The van der Waals surface area contributed by atoms with E-state index in [9.17, 15) is 4.79 Å². The van der Waals surface area contributed by atoms with Crippen molar-refractivity contribution in [3.05, 3.63) is 59.5 Å². The van der Waals surface area contributed by atoms with Gasteiger partial charge in [0.05, 0.1) is 12.7 Å². The van der Waals surface area contributed by atoms with Crippen molar-refractivity contribution in [2.75, 3.05) is 18.0 Å². The number of furan rings is 1. The van der Waals surface area contributed by atoms with E-state index in [2.05, 4.69) is 15.2 Å². The van der Waals surface area contributed by atoms with E-state index in [4.69, 9.17) is 9.15 Å². The van der Waals surface area contributed by atoms with Gasteiger partial charge in [0.15, 0.2) is 5.76 Å². The van der Waals surface area contributed by atoms with Gasteiger partial charge in [-0.1, -0.05) is 24.3 Å². The lowest BCUT2D eigenvalue weighted by Gasteiger charge is -2.33. The molecule has 6 nitrogen and oxygen atoms in total. The van der Waals surface area contributed by atoms with Crippen LogP contribution in [0.4, 0.5) is 5.82 Å². The average Bonchev–Trinajstić information content (AvgIpc) is 3.11. The van der Waals surface area contributed by atoms with E-state index in [0.717, 1.165) is 48.4 Å². The quantitative estimate of drug-likeness (QED) is 0.653. The molecule has 30 heavy (non-hydrogen) atoms. The summed E-state index contributed by atoms with van der Waals surface area (Å²) in [4.78, 5) is 19.9. The lowest BCUT2D eigenvalue weighted by atomic mass is 10.0. The normalized spacial score (nSPS) is 15.1. The summed E-state index contributed by atoms with van der Waals surface area (Å²) in [7, 11) is 0. The van der Waals surface area contributed by atoms with Gasteiger partial charge < -0.3 is 19.4 Å². The van der Waals surface area contributed by atoms with E-state index in [1.165, 1.54) is 0 Å². The molecule has 1 fully saturated rings. The number of para-hydroxylation sites is 1. The molecule has 3 heterocycles. The van der Waals surface area contributed by atoms with Crippen molar-refractivity contribution in [2.24, 2.45) is 0 Å². The van der Waals surface area contributed by atoms with Crippen LogP contribution in [0.3, 0.4) is 0 Å². The molecule has 1 N–H and O–H groups in total. The highest BCUT2D eigenvalue weighted by atomic mass is 16.5. The molecule has 0 unspecified atom stereocenters. The minimum atomic E-state index is -0.166. The Morgan fingerprint density at radius 1 is 1.20 bits per heavy atom. The fourth-order valence-corrected chi connectivity index (χ4v) is 3.88. The van der Waals surface area contributed by atoms with E-state index < -0.39 is 0 Å². The van der Waals surface area contributed by atoms with Gasteiger partial charge >= 0.3 is 0 Å². The molecule has 2 aromatic heterocycles. The maximum atomic E-state index is 13.1. The molecule has 0 spiro atoms. The van der Waals surface area contributed by atoms with Crippen LogP contribution < -0.4 is 10.2 Å².